The van der Waals surface area contributed by atoms with Crippen LogP contribution in [0, 0.1) is 6.92 Å². The molecule has 0 aliphatic carbocycles. The zero-order valence-corrected chi connectivity index (χ0v) is 12.7. The van der Waals surface area contributed by atoms with E-state index in [1.165, 1.54) is 0 Å². The van der Waals surface area contributed by atoms with Crippen molar-refractivity contribution in [2.45, 2.75) is 45.8 Å². The lowest BCUT2D eigenvalue weighted by Crippen LogP contribution is -2.46. The highest BCUT2D eigenvalue weighted by Crippen LogP contribution is 2.35. The first-order valence-corrected chi connectivity index (χ1v) is 7.14. The lowest BCUT2D eigenvalue weighted by atomic mass is 9.91. The first-order valence-electron chi connectivity index (χ1n) is 7.14. The summed E-state index contributed by atoms with van der Waals surface area (Å²) in [7, 11) is 0. The van der Waals surface area contributed by atoms with Crippen molar-refractivity contribution in [3.63, 3.8) is 0 Å². The second kappa shape index (κ2) is 5.95. The Morgan fingerprint density at radius 1 is 1.40 bits per heavy atom. The quantitative estimate of drug-likeness (QED) is 0.626. The minimum atomic E-state index is -0.398. The number of nitrogens with two attached hydrogens (primary N) is 1. The van der Waals surface area contributed by atoms with Crippen LogP contribution in [-0.4, -0.2) is 12.2 Å². The van der Waals surface area contributed by atoms with E-state index in [1.807, 2.05) is 38.1 Å². The molecule has 4 nitrogen and oxygen atoms in total. The highest BCUT2D eigenvalue weighted by atomic mass is 16.5. The summed E-state index contributed by atoms with van der Waals surface area (Å²) in [6, 6.07) is 7.98. The Kier molecular flexibility index (Phi) is 4.48. The Hall–Kier alpha value is -1.36. The summed E-state index contributed by atoms with van der Waals surface area (Å²) in [6.45, 7) is 8.82. The molecule has 0 bridgehead atoms. The molecule has 4 heteroatoms. The molecule has 0 saturated heterocycles. The van der Waals surface area contributed by atoms with Crippen LogP contribution in [0.3, 0.4) is 0 Å². The molecule has 2 atom stereocenters. The maximum atomic E-state index is 6.02. The lowest BCUT2D eigenvalue weighted by Gasteiger charge is -2.35. The van der Waals surface area contributed by atoms with E-state index < -0.39 is 5.60 Å². The molecule has 2 rings (SSSR count). The van der Waals surface area contributed by atoms with Gasteiger partial charge < -0.3 is 9.15 Å². The first kappa shape index (κ1) is 15.0. The van der Waals surface area contributed by atoms with Crippen LogP contribution in [0.15, 0.2) is 28.7 Å². The lowest BCUT2D eigenvalue weighted by molar-refractivity contribution is -0.0606. The van der Waals surface area contributed by atoms with Crippen molar-refractivity contribution in [3.8, 4) is 0 Å². The molecule has 0 fully saturated rings. The number of rotatable bonds is 6. The minimum absolute atomic E-state index is 0.181. The fraction of sp³-hybridized carbons (Fsp3) is 0.500. The predicted octanol–water partition coefficient (Wildman–Crippen LogP) is 3.45. The van der Waals surface area contributed by atoms with Gasteiger partial charge in [-0.3, -0.25) is 5.84 Å². The molecule has 0 radical (unpaired) electrons. The van der Waals surface area contributed by atoms with E-state index in [1.54, 1.807) is 0 Å². The minimum Gasteiger partial charge on any atom is -0.459 e. The van der Waals surface area contributed by atoms with Gasteiger partial charge in [0.05, 0.1) is 5.60 Å². The Labute approximate surface area is 120 Å². The average Bonchev–Trinajstić information content (AvgIpc) is 2.85. The summed E-state index contributed by atoms with van der Waals surface area (Å²) in [5.41, 5.74) is 4.50. The van der Waals surface area contributed by atoms with Gasteiger partial charge in [0, 0.05) is 12.0 Å². The van der Waals surface area contributed by atoms with Crippen molar-refractivity contribution in [2.75, 3.05) is 6.61 Å². The van der Waals surface area contributed by atoms with E-state index in [0.29, 0.717) is 6.61 Å². The van der Waals surface area contributed by atoms with Crippen LogP contribution in [0.4, 0.5) is 0 Å². The Morgan fingerprint density at radius 2 is 2.15 bits per heavy atom. The molecule has 2 unspecified atom stereocenters. The molecule has 1 aromatic heterocycles. The first-order chi connectivity index (χ1) is 9.55. The van der Waals surface area contributed by atoms with Gasteiger partial charge in [0.25, 0.3) is 0 Å². The van der Waals surface area contributed by atoms with Crippen molar-refractivity contribution < 1.29 is 9.15 Å². The van der Waals surface area contributed by atoms with Gasteiger partial charge in [-0.2, -0.15) is 0 Å². The topological polar surface area (TPSA) is 60.4 Å². The zero-order valence-electron chi connectivity index (χ0n) is 12.7. The van der Waals surface area contributed by atoms with Gasteiger partial charge in [-0.15, -0.1) is 0 Å². The average molecular weight is 276 g/mol. The smallest absolute Gasteiger partial charge is 0.137 e. The van der Waals surface area contributed by atoms with Crippen LogP contribution in [0.2, 0.25) is 0 Å². The third-order valence-corrected chi connectivity index (χ3v) is 4.00. The third kappa shape index (κ3) is 2.59. The number of hydrogen-bond acceptors (Lipinski definition) is 4. The molecule has 0 amide bonds. The second-order valence-electron chi connectivity index (χ2n) is 5.34. The fourth-order valence-corrected chi connectivity index (χ4v) is 2.65. The molecule has 110 valence electrons. The molecule has 0 aliphatic rings. The van der Waals surface area contributed by atoms with Crippen LogP contribution in [0.25, 0.3) is 11.0 Å². The van der Waals surface area contributed by atoms with Crippen LogP contribution >= 0.6 is 0 Å². The number of hydrogen-bond donors (Lipinski definition) is 2. The summed E-state index contributed by atoms with van der Waals surface area (Å²) in [5, 5.41) is 1.09. The number of benzene rings is 1. The van der Waals surface area contributed by atoms with Crippen LogP contribution in [0.1, 0.15) is 44.6 Å². The molecule has 0 aliphatic heterocycles. The van der Waals surface area contributed by atoms with Crippen molar-refractivity contribution in [3.05, 3.63) is 35.6 Å². The maximum absolute atomic E-state index is 6.02. The number of furan rings is 1. The number of nitrogens with one attached hydrogen (secondary N) is 1. The van der Waals surface area contributed by atoms with Gasteiger partial charge in [0.15, 0.2) is 0 Å². The van der Waals surface area contributed by atoms with E-state index in [9.17, 15) is 0 Å². The number of para-hydroxylation sites is 1. The van der Waals surface area contributed by atoms with Crippen molar-refractivity contribution in [1.29, 1.82) is 0 Å². The molecule has 1 heterocycles. The van der Waals surface area contributed by atoms with Gasteiger partial charge in [-0.05, 0) is 38.8 Å². The molecule has 0 spiro atoms. The maximum Gasteiger partial charge on any atom is 0.137 e. The highest BCUT2D eigenvalue weighted by Gasteiger charge is 2.36. The Bertz CT molecular complexity index is 579. The van der Waals surface area contributed by atoms with Gasteiger partial charge >= 0.3 is 0 Å². The Morgan fingerprint density at radius 3 is 2.70 bits per heavy atom. The van der Waals surface area contributed by atoms with Gasteiger partial charge in [-0.1, -0.05) is 25.1 Å². The van der Waals surface area contributed by atoms with Crippen LogP contribution < -0.4 is 11.3 Å². The van der Waals surface area contributed by atoms with Crippen molar-refractivity contribution in [1.82, 2.24) is 5.43 Å². The molecule has 0 saturated carbocycles. The molecular formula is C16H24N2O2. The third-order valence-electron chi connectivity index (χ3n) is 4.00. The number of ether oxygens (including phenoxy) is 1. The van der Waals surface area contributed by atoms with E-state index >= 15 is 0 Å². The molecular weight excluding hydrogens is 252 g/mol. The molecule has 2 aromatic rings. The van der Waals surface area contributed by atoms with Crippen LogP contribution in [-0.2, 0) is 4.74 Å². The number of aryl methyl sites for hydroxylation is 1. The normalized spacial score (nSPS) is 16.2. The summed E-state index contributed by atoms with van der Waals surface area (Å²) in [6.07, 6.45) is 0.839. The summed E-state index contributed by atoms with van der Waals surface area (Å²) < 4.78 is 11.9. The predicted molar refractivity (Wildman–Crippen MR) is 81.3 cm³/mol. The summed E-state index contributed by atoms with van der Waals surface area (Å²) >= 11 is 0. The Balaban J connectivity index is 2.46. The van der Waals surface area contributed by atoms with Gasteiger partial charge in [-0.25, -0.2) is 5.43 Å². The summed E-state index contributed by atoms with van der Waals surface area (Å²) in [4.78, 5) is 0. The zero-order chi connectivity index (χ0) is 14.8. The molecule has 20 heavy (non-hydrogen) atoms. The number of fused-ring (bicyclic) bond motifs is 1. The number of hydrazine groups is 1. The monoisotopic (exact) mass is 276 g/mol. The van der Waals surface area contributed by atoms with E-state index in [2.05, 4.69) is 19.3 Å². The molecule has 3 N–H and O–H groups in total. The van der Waals surface area contributed by atoms with Crippen molar-refractivity contribution in [2.24, 2.45) is 5.84 Å². The van der Waals surface area contributed by atoms with E-state index in [-0.39, 0.29) is 6.04 Å². The van der Waals surface area contributed by atoms with E-state index in [4.69, 9.17) is 15.0 Å². The van der Waals surface area contributed by atoms with E-state index in [0.717, 1.165) is 28.7 Å². The highest BCUT2D eigenvalue weighted by molar-refractivity contribution is 5.81. The fourth-order valence-electron chi connectivity index (χ4n) is 2.65. The standard InChI is InChI=1S/C16H24N2O2/c1-5-16(4,19-6-2)15(18-17)13-10-12-9-7-8-11(3)14(12)20-13/h7-10,15,18H,5-6,17H2,1-4H3. The molecule has 1 aromatic carbocycles. The van der Waals surface area contributed by atoms with Crippen molar-refractivity contribution >= 4 is 11.0 Å². The second-order valence-corrected chi connectivity index (χ2v) is 5.34. The van der Waals surface area contributed by atoms with Gasteiger partial charge in [0.2, 0.25) is 0 Å². The SMILES string of the molecule is CCOC(C)(CC)C(NN)c1cc2cccc(C)c2o1. The largest absolute Gasteiger partial charge is 0.459 e. The van der Waals surface area contributed by atoms with Crippen LogP contribution in [0.5, 0.6) is 0 Å². The van der Waals surface area contributed by atoms with Gasteiger partial charge in [0.1, 0.15) is 17.4 Å². The summed E-state index contributed by atoms with van der Waals surface area (Å²) in [5.74, 6) is 6.58.